The lowest BCUT2D eigenvalue weighted by Crippen LogP contribution is -2.22. The summed E-state index contributed by atoms with van der Waals surface area (Å²) >= 11 is 0. The summed E-state index contributed by atoms with van der Waals surface area (Å²) in [6.45, 7) is 5.94. The summed E-state index contributed by atoms with van der Waals surface area (Å²) in [6, 6.07) is 4.53. The van der Waals surface area contributed by atoms with Crippen LogP contribution in [0.3, 0.4) is 0 Å². The van der Waals surface area contributed by atoms with E-state index in [0.29, 0.717) is 6.04 Å². The van der Waals surface area contributed by atoms with Crippen LogP contribution in [0.1, 0.15) is 32.4 Å². The number of nitrogens with zero attached hydrogens (tertiary/aromatic N) is 1. The second kappa shape index (κ2) is 5.30. The number of hydrogen-bond donors (Lipinski definition) is 1. The number of ether oxygens (including phenoxy) is 1. The molecule has 0 bridgehead atoms. The minimum Gasteiger partial charge on any atom is -0.492 e. The number of pyridine rings is 1. The van der Waals surface area contributed by atoms with E-state index in [-0.39, 0.29) is 0 Å². The van der Waals surface area contributed by atoms with Crippen molar-refractivity contribution in [2.45, 2.75) is 39.3 Å². The molecule has 0 saturated heterocycles. The van der Waals surface area contributed by atoms with Crippen LogP contribution in [0.5, 0.6) is 5.75 Å². The predicted octanol–water partition coefficient (Wildman–Crippen LogP) is 2.37. The first-order chi connectivity index (χ1) is 7.74. The van der Waals surface area contributed by atoms with Crippen molar-refractivity contribution in [3.8, 4) is 5.75 Å². The quantitative estimate of drug-likeness (QED) is 0.799. The van der Waals surface area contributed by atoms with E-state index in [0.717, 1.165) is 30.5 Å². The van der Waals surface area contributed by atoms with Gasteiger partial charge in [0.2, 0.25) is 0 Å². The molecule has 2 rings (SSSR count). The van der Waals surface area contributed by atoms with Gasteiger partial charge in [-0.2, -0.15) is 0 Å². The molecule has 0 aliphatic heterocycles. The van der Waals surface area contributed by atoms with Crippen LogP contribution >= 0.6 is 0 Å². The normalized spacial score (nSPS) is 15.4. The Kier molecular flexibility index (Phi) is 3.78. The zero-order valence-corrected chi connectivity index (χ0v) is 10.1. The largest absolute Gasteiger partial charge is 0.492 e. The summed E-state index contributed by atoms with van der Waals surface area (Å²) in [5.41, 5.74) is 1.06. The highest BCUT2D eigenvalue weighted by Crippen LogP contribution is 2.29. The molecule has 16 heavy (non-hydrogen) atoms. The number of rotatable bonds is 6. The Morgan fingerprint density at radius 2 is 2.25 bits per heavy atom. The third kappa shape index (κ3) is 3.81. The van der Waals surface area contributed by atoms with Crippen LogP contribution in [0.4, 0.5) is 0 Å². The molecule has 88 valence electrons. The third-order valence-electron chi connectivity index (χ3n) is 2.67. The van der Waals surface area contributed by atoms with Crippen molar-refractivity contribution in [1.82, 2.24) is 10.3 Å². The Hall–Kier alpha value is -1.09. The van der Waals surface area contributed by atoms with E-state index >= 15 is 0 Å². The molecule has 0 unspecified atom stereocenters. The number of aromatic nitrogens is 1. The van der Waals surface area contributed by atoms with E-state index in [2.05, 4.69) is 24.1 Å². The van der Waals surface area contributed by atoms with Gasteiger partial charge in [-0.15, -0.1) is 0 Å². The van der Waals surface area contributed by atoms with Crippen LogP contribution in [0.15, 0.2) is 18.3 Å². The molecule has 1 N–H and O–H groups in total. The first kappa shape index (κ1) is 11.4. The van der Waals surface area contributed by atoms with Gasteiger partial charge in [0.25, 0.3) is 0 Å². The summed E-state index contributed by atoms with van der Waals surface area (Å²) in [4.78, 5) is 4.36. The molecular formula is C13H20N2O. The molecule has 3 heteroatoms. The van der Waals surface area contributed by atoms with Gasteiger partial charge in [0.1, 0.15) is 5.75 Å². The molecule has 0 atom stereocenters. The van der Waals surface area contributed by atoms with Gasteiger partial charge < -0.3 is 10.1 Å². The van der Waals surface area contributed by atoms with Gasteiger partial charge in [-0.3, -0.25) is 4.98 Å². The summed E-state index contributed by atoms with van der Waals surface area (Å²) < 4.78 is 5.63. The highest BCUT2D eigenvalue weighted by molar-refractivity contribution is 5.19. The second-order valence-electron chi connectivity index (χ2n) is 4.78. The number of nitrogens with one attached hydrogen (secondary N) is 1. The highest BCUT2D eigenvalue weighted by Gasteiger charge is 2.21. The van der Waals surface area contributed by atoms with Crippen molar-refractivity contribution in [3.63, 3.8) is 0 Å². The zero-order chi connectivity index (χ0) is 11.4. The Labute approximate surface area is 97.2 Å². The number of hydrogen-bond acceptors (Lipinski definition) is 3. The summed E-state index contributed by atoms with van der Waals surface area (Å²) in [6.07, 6.45) is 4.47. The first-order valence-electron chi connectivity index (χ1n) is 6.05. The lowest BCUT2D eigenvalue weighted by Gasteiger charge is -2.08. The summed E-state index contributed by atoms with van der Waals surface area (Å²) in [7, 11) is 0. The van der Waals surface area contributed by atoms with Gasteiger partial charge in [-0.1, -0.05) is 13.8 Å². The van der Waals surface area contributed by atoms with E-state index < -0.39 is 0 Å². The Morgan fingerprint density at radius 3 is 2.81 bits per heavy atom. The van der Waals surface area contributed by atoms with E-state index in [9.17, 15) is 0 Å². The van der Waals surface area contributed by atoms with Crippen LogP contribution in [0.25, 0.3) is 0 Å². The van der Waals surface area contributed by atoms with Crippen molar-refractivity contribution in [2.75, 3.05) is 6.61 Å². The predicted molar refractivity (Wildman–Crippen MR) is 64.4 cm³/mol. The van der Waals surface area contributed by atoms with Gasteiger partial charge in [-0.05, 0) is 30.9 Å². The standard InChI is InChI=1S/C13H20N2O/c1-10(2)14-7-12-5-6-13(8-15-12)16-9-11-3-4-11/h5-6,8,10-11,14H,3-4,7,9H2,1-2H3. The molecule has 1 fully saturated rings. The summed E-state index contributed by atoms with van der Waals surface area (Å²) in [5, 5.41) is 3.34. The van der Waals surface area contributed by atoms with Crippen LogP contribution in [0.2, 0.25) is 0 Å². The molecule has 0 aromatic carbocycles. The van der Waals surface area contributed by atoms with E-state index in [4.69, 9.17) is 4.74 Å². The van der Waals surface area contributed by atoms with Crippen molar-refractivity contribution in [3.05, 3.63) is 24.0 Å². The average Bonchev–Trinajstić information content (AvgIpc) is 3.09. The van der Waals surface area contributed by atoms with Crippen molar-refractivity contribution < 1.29 is 4.74 Å². The first-order valence-corrected chi connectivity index (χ1v) is 6.05. The van der Waals surface area contributed by atoms with Crippen LogP contribution < -0.4 is 10.1 Å². The third-order valence-corrected chi connectivity index (χ3v) is 2.67. The van der Waals surface area contributed by atoms with Gasteiger partial charge in [0, 0.05) is 12.6 Å². The molecule has 1 aromatic heterocycles. The molecule has 0 amide bonds. The van der Waals surface area contributed by atoms with Crippen LogP contribution in [-0.2, 0) is 6.54 Å². The molecule has 1 saturated carbocycles. The minimum absolute atomic E-state index is 0.493. The topological polar surface area (TPSA) is 34.1 Å². The van der Waals surface area contributed by atoms with Gasteiger partial charge in [-0.25, -0.2) is 0 Å². The smallest absolute Gasteiger partial charge is 0.137 e. The van der Waals surface area contributed by atoms with E-state index in [1.807, 2.05) is 18.3 Å². The molecule has 1 aromatic rings. The van der Waals surface area contributed by atoms with Crippen LogP contribution in [0, 0.1) is 5.92 Å². The Balaban J connectivity index is 1.78. The highest BCUT2D eigenvalue weighted by atomic mass is 16.5. The molecule has 0 radical (unpaired) electrons. The fourth-order valence-electron chi connectivity index (χ4n) is 1.41. The van der Waals surface area contributed by atoms with Crippen molar-refractivity contribution >= 4 is 0 Å². The SMILES string of the molecule is CC(C)NCc1ccc(OCC2CC2)cn1. The van der Waals surface area contributed by atoms with Gasteiger partial charge >= 0.3 is 0 Å². The fraction of sp³-hybridized carbons (Fsp3) is 0.615. The molecule has 1 aliphatic rings. The maximum atomic E-state index is 5.63. The van der Waals surface area contributed by atoms with Gasteiger partial charge in [0.05, 0.1) is 18.5 Å². The lowest BCUT2D eigenvalue weighted by atomic mass is 10.3. The molecule has 0 spiro atoms. The van der Waals surface area contributed by atoms with E-state index in [1.165, 1.54) is 12.8 Å². The Morgan fingerprint density at radius 1 is 1.44 bits per heavy atom. The zero-order valence-electron chi connectivity index (χ0n) is 10.1. The second-order valence-corrected chi connectivity index (χ2v) is 4.78. The minimum atomic E-state index is 0.493. The summed E-state index contributed by atoms with van der Waals surface area (Å²) in [5.74, 6) is 1.68. The van der Waals surface area contributed by atoms with E-state index in [1.54, 1.807) is 0 Å². The average molecular weight is 220 g/mol. The van der Waals surface area contributed by atoms with Crippen molar-refractivity contribution in [1.29, 1.82) is 0 Å². The Bertz CT molecular complexity index is 292. The lowest BCUT2D eigenvalue weighted by molar-refractivity contribution is 0.298. The molecule has 3 nitrogen and oxygen atoms in total. The molecular weight excluding hydrogens is 200 g/mol. The molecule has 1 heterocycles. The fourth-order valence-corrected chi connectivity index (χ4v) is 1.41. The molecule has 1 aliphatic carbocycles. The van der Waals surface area contributed by atoms with Crippen molar-refractivity contribution in [2.24, 2.45) is 5.92 Å². The van der Waals surface area contributed by atoms with Gasteiger partial charge in [0.15, 0.2) is 0 Å². The maximum absolute atomic E-state index is 5.63. The monoisotopic (exact) mass is 220 g/mol. The van der Waals surface area contributed by atoms with Crippen LogP contribution in [-0.4, -0.2) is 17.6 Å². The maximum Gasteiger partial charge on any atom is 0.137 e.